The van der Waals surface area contributed by atoms with Gasteiger partial charge >= 0.3 is 0 Å². The first-order chi connectivity index (χ1) is 8.61. The van der Waals surface area contributed by atoms with Gasteiger partial charge < -0.3 is 10.0 Å². The largest absolute Gasteiger partial charge is 0.391 e. The molecule has 0 bridgehead atoms. The van der Waals surface area contributed by atoms with Crippen LogP contribution in [0.1, 0.15) is 31.2 Å². The molecule has 0 radical (unpaired) electrons. The van der Waals surface area contributed by atoms with E-state index in [0.717, 1.165) is 35.8 Å². The minimum Gasteiger partial charge on any atom is -0.391 e. The van der Waals surface area contributed by atoms with Gasteiger partial charge in [-0.2, -0.15) is 5.26 Å². The topological polar surface area (TPSA) is 47.3 Å². The number of nitrogens with zero attached hydrogens (tertiary/aromatic N) is 2. The predicted octanol–water partition coefficient (Wildman–Crippen LogP) is 3.06. The molecule has 1 aliphatic rings. The van der Waals surface area contributed by atoms with Crippen LogP contribution in [0, 0.1) is 11.3 Å². The number of aliphatic hydroxyl groups is 1. The van der Waals surface area contributed by atoms with Gasteiger partial charge in [-0.15, -0.1) is 0 Å². The predicted molar refractivity (Wildman–Crippen MR) is 75.5 cm³/mol. The summed E-state index contributed by atoms with van der Waals surface area (Å²) in [4.78, 5) is 2.09. The third-order valence-electron chi connectivity index (χ3n) is 3.61. The van der Waals surface area contributed by atoms with Crippen molar-refractivity contribution in [2.24, 2.45) is 0 Å². The SMILES string of the molecule is CN(c1cc(Br)cc(C#N)c1)C1CCCCC1O. The summed E-state index contributed by atoms with van der Waals surface area (Å²) in [6.45, 7) is 0. The van der Waals surface area contributed by atoms with Crippen LogP contribution in [0.5, 0.6) is 0 Å². The first-order valence-corrected chi connectivity index (χ1v) is 7.02. The fourth-order valence-electron chi connectivity index (χ4n) is 2.58. The van der Waals surface area contributed by atoms with E-state index in [-0.39, 0.29) is 12.1 Å². The monoisotopic (exact) mass is 308 g/mol. The molecule has 1 aromatic carbocycles. The van der Waals surface area contributed by atoms with Crippen molar-refractivity contribution in [1.29, 1.82) is 5.26 Å². The van der Waals surface area contributed by atoms with Crippen LogP contribution in [0.15, 0.2) is 22.7 Å². The van der Waals surface area contributed by atoms with Gasteiger partial charge in [-0.3, -0.25) is 0 Å². The summed E-state index contributed by atoms with van der Waals surface area (Å²) < 4.78 is 0.897. The Balaban J connectivity index is 2.25. The zero-order valence-corrected chi connectivity index (χ0v) is 12.0. The lowest BCUT2D eigenvalue weighted by Gasteiger charge is -2.36. The lowest BCUT2D eigenvalue weighted by Crippen LogP contribution is -2.43. The average Bonchev–Trinajstić information content (AvgIpc) is 2.37. The third-order valence-corrected chi connectivity index (χ3v) is 4.07. The number of likely N-dealkylation sites (N-methyl/N-ethyl adjacent to an activating group) is 1. The molecule has 0 spiro atoms. The number of rotatable bonds is 2. The summed E-state index contributed by atoms with van der Waals surface area (Å²) in [5, 5.41) is 19.1. The summed E-state index contributed by atoms with van der Waals surface area (Å²) in [5.41, 5.74) is 1.61. The normalized spacial score (nSPS) is 23.4. The molecule has 1 aliphatic carbocycles. The number of aliphatic hydroxyl groups excluding tert-OH is 1. The molecule has 2 atom stereocenters. The summed E-state index contributed by atoms with van der Waals surface area (Å²) in [7, 11) is 1.99. The Hall–Kier alpha value is -1.05. The quantitative estimate of drug-likeness (QED) is 0.913. The van der Waals surface area contributed by atoms with Gasteiger partial charge in [0.2, 0.25) is 0 Å². The van der Waals surface area contributed by atoms with Crippen LogP contribution in [0.3, 0.4) is 0 Å². The van der Waals surface area contributed by atoms with Gasteiger partial charge in [0, 0.05) is 17.2 Å². The Morgan fingerprint density at radius 2 is 2.06 bits per heavy atom. The van der Waals surface area contributed by atoms with E-state index in [0.29, 0.717) is 5.56 Å². The summed E-state index contributed by atoms with van der Waals surface area (Å²) in [5.74, 6) is 0. The van der Waals surface area contributed by atoms with E-state index in [4.69, 9.17) is 5.26 Å². The minimum absolute atomic E-state index is 0.152. The smallest absolute Gasteiger partial charge is 0.0992 e. The molecule has 0 aromatic heterocycles. The first kappa shape index (κ1) is 13.4. The standard InChI is InChI=1S/C14H17BrN2O/c1-17(13-4-2-3-5-14(13)18)12-7-10(9-16)6-11(15)8-12/h6-8,13-14,18H,2-5H2,1H3. The van der Waals surface area contributed by atoms with Gasteiger partial charge in [0.25, 0.3) is 0 Å². The van der Waals surface area contributed by atoms with Crippen molar-refractivity contribution in [3.63, 3.8) is 0 Å². The van der Waals surface area contributed by atoms with E-state index in [1.165, 1.54) is 0 Å². The fourth-order valence-corrected chi connectivity index (χ4v) is 3.06. The summed E-state index contributed by atoms with van der Waals surface area (Å²) in [6, 6.07) is 7.97. The van der Waals surface area contributed by atoms with Crippen molar-refractivity contribution in [2.45, 2.75) is 37.8 Å². The van der Waals surface area contributed by atoms with E-state index in [2.05, 4.69) is 26.9 Å². The molecule has 1 N–H and O–H groups in total. The number of hydrogen-bond acceptors (Lipinski definition) is 3. The van der Waals surface area contributed by atoms with Crippen molar-refractivity contribution < 1.29 is 5.11 Å². The van der Waals surface area contributed by atoms with Gasteiger partial charge in [-0.05, 0) is 31.0 Å². The number of benzene rings is 1. The molecular formula is C14H17BrN2O. The molecule has 96 valence electrons. The summed E-state index contributed by atoms with van der Waals surface area (Å²) in [6.07, 6.45) is 3.87. The molecule has 3 nitrogen and oxygen atoms in total. The van der Waals surface area contributed by atoms with Gasteiger partial charge in [-0.1, -0.05) is 28.8 Å². The zero-order chi connectivity index (χ0) is 13.1. The Labute approximate surface area is 116 Å². The van der Waals surface area contributed by atoms with E-state index >= 15 is 0 Å². The molecule has 0 heterocycles. The van der Waals surface area contributed by atoms with Crippen LogP contribution in [0.4, 0.5) is 5.69 Å². The van der Waals surface area contributed by atoms with Crippen molar-refractivity contribution in [3.8, 4) is 6.07 Å². The van der Waals surface area contributed by atoms with E-state index in [1.807, 2.05) is 19.2 Å². The lowest BCUT2D eigenvalue weighted by molar-refractivity contribution is 0.106. The number of halogens is 1. The van der Waals surface area contributed by atoms with Crippen molar-refractivity contribution >= 4 is 21.6 Å². The molecule has 1 fully saturated rings. The zero-order valence-electron chi connectivity index (χ0n) is 10.4. The third kappa shape index (κ3) is 2.85. The molecule has 1 saturated carbocycles. The van der Waals surface area contributed by atoms with Gasteiger partial charge in [0.15, 0.2) is 0 Å². The first-order valence-electron chi connectivity index (χ1n) is 6.23. The Bertz CT molecular complexity index is 469. The second kappa shape index (κ2) is 5.73. The molecular weight excluding hydrogens is 292 g/mol. The molecule has 18 heavy (non-hydrogen) atoms. The Kier molecular flexibility index (Phi) is 4.26. The molecule has 0 saturated heterocycles. The maximum absolute atomic E-state index is 10.1. The highest BCUT2D eigenvalue weighted by Crippen LogP contribution is 2.29. The number of nitriles is 1. The maximum atomic E-state index is 10.1. The minimum atomic E-state index is -0.270. The van der Waals surface area contributed by atoms with Crippen LogP contribution in [-0.2, 0) is 0 Å². The van der Waals surface area contributed by atoms with Crippen molar-refractivity contribution in [3.05, 3.63) is 28.2 Å². The second-order valence-electron chi connectivity index (χ2n) is 4.84. The van der Waals surface area contributed by atoms with Crippen molar-refractivity contribution in [2.75, 3.05) is 11.9 Å². The Morgan fingerprint density at radius 1 is 1.33 bits per heavy atom. The van der Waals surface area contributed by atoms with Gasteiger partial charge in [-0.25, -0.2) is 0 Å². The Morgan fingerprint density at radius 3 is 2.72 bits per heavy atom. The van der Waals surface area contributed by atoms with Crippen LogP contribution < -0.4 is 4.90 Å². The van der Waals surface area contributed by atoms with E-state index in [9.17, 15) is 5.11 Å². The number of anilines is 1. The van der Waals surface area contributed by atoms with E-state index in [1.54, 1.807) is 6.07 Å². The molecule has 1 aromatic rings. The molecule has 0 amide bonds. The van der Waals surface area contributed by atoms with Crippen molar-refractivity contribution in [1.82, 2.24) is 0 Å². The van der Waals surface area contributed by atoms with Crippen LogP contribution in [-0.4, -0.2) is 24.3 Å². The van der Waals surface area contributed by atoms with Crippen LogP contribution >= 0.6 is 15.9 Å². The van der Waals surface area contributed by atoms with Gasteiger partial charge in [0.05, 0.1) is 23.8 Å². The highest BCUT2D eigenvalue weighted by molar-refractivity contribution is 9.10. The molecule has 4 heteroatoms. The van der Waals surface area contributed by atoms with Crippen LogP contribution in [0.25, 0.3) is 0 Å². The lowest BCUT2D eigenvalue weighted by atomic mass is 9.91. The highest BCUT2D eigenvalue weighted by Gasteiger charge is 2.27. The summed E-state index contributed by atoms with van der Waals surface area (Å²) >= 11 is 3.42. The average molecular weight is 309 g/mol. The molecule has 2 rings (SSSR count). The van der Waals surface area contributed by atoms with Crippen LogP contribution in [0.2, 0.25) is 0 Å². The molecule has 0 aliphatic heterocycles. The second-order valence-corrected chi connectivity index (χ2v) is 5.76. The highest BCUT2D eigenvalue weighted by atomic mass is 79.9. The fraction of sp³-hybridized carbons (Fsp3) is 0.500. The maximum Gasteiger partial charge on any atom is 0.0992 e. The molecule has 2 unspecified atom stereocenters. The van der Waals surface area contributed by atoms with Gasteiger partial charge in [0.1, 0.15) is 0 Å². The number of hydrogen-bond donors (Lipinski definition) is 1. The van der Waals surface area contributed by atoms with E-state index < -0.39 is 0 Å².